The van der Waals surface area contributed by atoms with Crippen LogP contribution in [0.15, 0.2) is 48.5 Å². The van der Waals surface area contributed by atoms with E-state index in [4.69, 9.17) is 4.74 Å². The summed E-state index contributed by atoms with van der Waals surface area (Å²) in [6.07, 6.45) is 2.25. The van der Waals surface area contributed by atoms with Crippen LogP contribution >= 0.6 is 0 Å². The molecule has 0 aliphatic heterocycles. The van der Waals surface area contributed by atoms with Crippen LogP contribution in [0.5, 0.6) is 0 Å². The Hall–Kier alpha value is -3.39. The second-order valence-electron chi connectivity index (χ2n) is 9.11. The Bertz CT molecular complexity index is 978. The molecule has 2 aromatic rings. The molecule has 0 radical (unpaired) electrons. The molecule has 1 aliphatic carbocycles. The van der Waals surface area contributed by atoms with Crippen molar-refractivity contribution < 1.29 is 24.2 Å². The standard InChI is InChI=1S/C27H35N3O5/c1-30(2)17-15-24(26(32)33)29-25(31)14-4-3-9-16-28-27(34)35-18-23-21-12-7-5-10-19(21)20-11-6-8-13-22(20)23/h5-8,10-13,23-24H,3-4,9,14-18H2,1-2H3,(H,28,34)(H,29,31)(H,32,33). The average molecular weight is 482 g/mol. The Morgan fingerprint density at radius 3 is 2.20 bits per heavy atom. The minimum absolute atomic E-state index is 0.0269. The molecule has 0 aromatic heterocycles. The van der Waals surface area contributed by atoms with Crippen molar-refractivity contribution >= 4 is 18.0 Å². The first-order valence-corrected chi connectivity index (χ1v) is 12.1. The number of nitrogens with one attached hydrogen (secondary N) is 2. The molecule has 0 saturated carbocycles. The highest BCUT2D eigenvalue weighted by Gasteiger charge is 2.29. The van der Waals surface area contributed by atoms with E-state index in [1.807, 2.05) is 43.3 Å². The van der Waals surface area contributed by atoms with Crippen LogP contribution in [0.25, 0.3) is 11.1 Å². The van der Waals surface area contributed by atoms with Crippen LogP contribution in [0.3, 0.4) is 0 Å². The number of alkyl carbamates (subject to hydrolysis) is 1. The van der Waals surface area contributed by atoms with Crippen LogP contribution in [-0.4, -0.2) is 67.8 Å². The van der Waals surface area contributed by atoms with E-state index in [1.165, 1.54) is 22.3 Å². The third kappa shape index (κ3) is 7.55. The summed E-state index contributed by atoms with van der Waals surface area (Å²) in [5.74, 6) is -1.26. The van der Waals surface area contributed by atoms with Gasteiger partial charge in [0, 0.05) is 25.4 Å². The van der Waals surface area contributed by atoms with Gasteiger partial charge in [0.2, 0.25) is 5.91 Å². The molecular formula is C27H35N3O5. The zero-order valence-electron chi connectivity index (χ0n) is 20.5. The lowest BCUT2D eigenvalue weighted by Crippen LogP contribution is -2.42. The highest BCUT2D eigenvalue weighted by Crippen LogP contribution is 2.44. The number of benzene rings is 2. The van der Waals surface area contributed by atoms with Gasteiger partial charge < -0.3 is 25.4 Å². The molecule has 188 valence electrons. The molecule has 0 bridgehead atoms. The number of carboxylic acids is 1. The largest absolute Gasteiger partial charge is 0.480 e. The van der Waals surface area contributed by atoms with E-state index in [2.05, 4.69) is 34.9 Å². The second-order valence-corrected chi connectivity index (χ2v) is 9.11. The zero-order valence-corrected chi connectivity index (χ0v) is 20.5. The molecule has 0 saturated heterocycles. The maximum atomic E-state index is 12.2. The number of amides is 2. The predicted molar refractivity (Wildman–Crippen MR) is 134 cm³/mol. The molecule has 2 aromatic carbocycles. The number of unbranched alkanes of at least 4 members (excludes halogenated alkanes) is 2. The summed E-state index contributed by atoms with van der Waals surface area (Å²) in [4.78, 5) is 37.4. The van der Waals surface area contributed by atoms with Crippen LogP contribution in [-0.2, 0) is 14.3 Å². The highest BCUT2D eigenvalue weighted by molar-refractivity contribution is 5.83. The van der Waals surface area contributed by atoms with E-state index in [9.17, 15) is 19.5 Å². The fourth-order valence-electron chi connectivity index (χ4n) is 4.34. The number of carboxylic acid groups (broad SMARTS) is 1. The van der Waals surface area contributed by atoms with E-state index in [-0.39, 0.29) is 24.9 Å². The molecule has 1 aliphatic rings. The summed E-state index contributed by atoms with van der Waals surface area (Å²) in [6.45, 7) is 1.32. The molecule has 0 fully saturated rings. The van der Waals surface area contributed by atoms with Crippen molar-refractivity contribution in [2.45, 2.75) is 44.1 Å². The van der Waals surface area contributed by atoms with Gasteiger partial charge in [-0.1, -0.05) is 55.0 Å². The Labute approximate surface area is 206 Å². The van der Waals surface area contributed by atoms with Crippen LogP contribution in [0.1, 0.15) is 49.1 Å². The number of ether oxygens (including phenoxy) is 1. The quantitative estimate of drug-likeness (QED) is 0.377. The van der Waals surface area contributed by atoms with Gasteiger partial charge in [-0.25, -0.2) is 9.59 Å². The SMILES string of the molecule is CN(C)CCC(NC(=O)CCCCCNC(=O)OCC1c2ccccc2-c2ccccc21)C(=O)O. The first-order valence-electron chi connectivity index (χ1n) is 12.1. The van der Waals surface area contributed by atoms with E-state index < -0.39 is 18.1 Å². The van der Waals surface area contributed by atoms with Crippen LogP contribution < -0.4 is 10.6 Å². The average Bonchev–Trinajstić information content (AvgIpc) is 3.16. The number of nitrogens with zero attached hydrogens (tertiary/aromatic N) is 1. The van der Waals surface area contributed by atoms with Gasteiger partial charge in [-0.05, 0) is 55.6 Å². The van der Waals surface area contributed by atoms with E-state index in [1.54, 1.807) is 0 Å². The topological polar surface area (TPSA) is 108 Å². The van der Waals surface area contributed by atoms with Crippen molar-refractivity contribution in [2.24, 2.45) is 0 Å². The monoisotopic (exact) mass is 481 g/mol. The summed E-state index contributed by atoms with van der Waals surface area (Å²) in [6, 6.07) is 15.5. The molecule has 3 N–H and O–H groups in total. The number of aliphatic carboxylic acids is 1. The third-order valence-electron chi connectivity index (χ3n) is 6.19. The molecular weight excluding hydrogens is 446 g/mol. The van der Waals surface area contributed by atoms with Gasteiger partial charge in [-0.2, -0.15) is 0 Å². The predicted octanol–water partition coefficient (Wildman–Crippen LogP) is 3.61. The van der Waals surface area contributed by atoms with Crippen molar-refractivity contribution in [3.63, 3.8) is 0 Å². The normalized spacial score (nSPS) is 13.1. The van der Waals surface area contributed by atoms with Gasteiger partial charge in [0.1, 0.15) is 12.6 Å². The number of rotatable bonds is 13. The van der Waals surface area contributed by atoms with Crippen molar-refractivity contribution in [2.75, 3.05) is 33.8 Å². The number of carbonyl (C=O) groups excluding carboxylic acids is 2. The summed E-state index contributed by atoms with van der Waals surface area (Å²) < 4.78 is 5.52. The molecule has 0 spiro atoms. The van der Waals surface area contributed by atoms with Gasteiger partial charge in [-0.15, -0.1) is 0 Å². The first-order chi connectivity index (χ1) is 16.9. The Morgan fingerprint density at radius 1 is 0.971 bits per heavy atom. The molecule has 1 unspecified atom stereocenters. The van der Waals surface area contributed by atoms with Crippen molar-refractivity contribution in [1.82, 2.24) is 15.5 Å². The lowest BCUT2D eigenvalue weighted by atomic mass is 9.98. The third-order valence-corrected chi connectivity index (χ3v) is 6.19. The van der Waals surface area contributed by atoms with E-state index in [0.29, 0.717) is 32.4 Å². The summed E-state index contributed by atoms with van der Waals surface area (Å²) in [5.41, 5.74) is 4.72. The van der Waals surface area contributed by atoms with Crippen molar-refractivity contribution in [3.05, 3.63) is 59.7 Å². The lowest BCUT2D eigenvalue weighted by Gasteiger charge is -2.17. The van der Waals surface area contributed by atoms with Crippen molar-refractivity contribution in [3.8, 4) is 11.1 Å². The van der Waals surface area contributed by atoms with Gasteiger partial charge >= 0.3 is 12.1 Å². The molecule has 1 atom stereocenters. The maximum Gasteiger partial charge on any atom is 0.407 e. The van der Waals surface area contributed by atoms with Crippen molar-refractivity contribution in [1.29, 1.82) is 0 Å². The molecule has 8 heteroatoms. The molecule has 8 nitrogen and oxygen atoms in total. The fraction of sp³-hybridized carbons (Fsp3) is 0.444. The molecule has 35 heavy (non-hydrogen) atoms. The van der Waals surface area contributed by atoms with E-state index >= 15 is 0 Å². The Balaban J connectivity index is 1.32. The van der Waals surface area contributed by atoms with Gasteiger partial charge in [0.15, 0.2) is 0 Å². The second kappa shape index (κ2) is 12.9. The number of hydrogen-bond donors (Lipinski definition) is 3. The van der Waals surface area contributed by atoms with Gasteiger partial charge in [-0.3, -0.25) is 4.79 Å². The zero-order chi connectivity index (χ0) is 25.2. The smallest absolute Gasteiger partial charge is 0.407 e. The summed E-state index contributed by atoms with van der Waals surface area (Å²) in [5, 5.41) is 14.6. The van der Waals surface area contributed by atoms with Crippen LogP contribution in [0, 0.1) is 0 Å². The number of fused-ring (bicyclic) bond motifs is 3. The van der Waals surface area contributed by atoms with Gasteiger partial charge in [0.05, 0.1) is 0 Å². The number of carbonyl (C=O) groups is 3. The maximum absolute atomic E-state index is 12.2. The minimum atomic E-state index is -1.02. The summed E-state index contributed by atoms with van der Waals surface area (Å²) >= 11 is 0. The Kier molecular flexibility index (Phi) is 9.66. The molecule has 2 amide bonds. The van der Waals surface area contributed by atoms with Gasteiger partial charge in [0.25, 0.3) is 0 Å². The Morgan fingerprint density at radius 2 is 1.60 bits per heavy atom. The molecule has 3 rings (SSSR count). The highest BCUT2D eigenvalue weighted by atomic mass is 16.5. The fourth-order valence-corrected chi connectivity index (χ4v) is 4.34. The van der Waals surface area contributed by atoms with Crippen LogP contribution in [0.2, 0.25) is 0 Å². The summed E-state index contributed by atoms with van der Waals surface area (Å²) in [7, 11) is 3.72. The van der Waals surface area contributed by atoms with Crippen LogP contribution in [0.4, 0.5) is 4.79 Å². The lowest BCUT2D eigenvalue weighted by molar-refractivity contribution is -0.142. The number of hydrogen-bond acceptors (Lipinski definition) is 5. The molecule has 0 heterocycles. The van der Waals surface area contributed by atoms with E-state index in [0.717, 1.165) is 6.42 Å². The first kappa shape index (κ1) is 26.2. The minimum Gasteiger partial charge on any atom is -0.480 e.